The summed E-state index contributed by atoms with van der Waals surface area (Å²) in [6, 6.07) is 2.12. The molecule has 4 rings (SSSR count). The second kappa shape index (κ2) is 7.69. The Kier molecular flexibility index (Phi) is 5.11. The van der Waals surface area contributed by atoms with Gasteiger partial charge in [0.05, 0.1) is 6.54 Å². The fourth-order valence-electron chi connectivity index (χ4n) is 3.94. The summed E-state index contributed by atoms with van der Waals surface area (Å²) < 4.78 is 4.24. The Balaban J connectivity index is 1.54. The Morgan fingerprint density at radius 2 is 2.04 bits per heavy atom. The molecule has 1 aliphatic heterocycles. The predicted octanol–water partition coefficient (Wildman–Crippen LogP) is 2.41. The maximum Gasteiger partial charge on any atom is 0.152 e. The van der Waals surface area contributed by atoms with Crippen LogP contribution >= 0.6 is 0 Å². The number of rotatable bonds is 5. The van der Waals surface area contributed by atoms with Gasteiger partial charge in [0.2, 0.25) is 0 Å². The summed E-state index contributed by atoms with van der Waals surface area (Å²) in [6.45, 7) is 8.73. The standard InChI is InChI=1S/C20H28N8/c1-5-17-11-18(23-14(2)22-17)28-9-6-7-16(12-28)20-25-24-19(26(20)4)13-27-10-8-21-15(27)3/h8,10-11,16H,5-7,9,12-13H2,1-4H3. The van der Waals surface area contributed by atoms with Gasteiger partial charge in [0.15, 0.2) is 5.82 Å². The monoisotopic (exact) mass is 380 g/mol. The molecule has 0 saturated carbocycles. The minimum Gasteiger partial charge on any atom is -0.356 e. The zero-order chi connectivity index (χ0) is 19.7. The van der Waals surface area contributed by atoms with Crippen molar-refractivity contribution >= 4 is 5.82 Å². The van der Waals surface area contributed by atoms with Crippen molar-refractivity contribution in [3.8, 4) is 0 Å². The number of imidazole rings is 1. The highest BCUT2D eigenvalue weighted by molar-refractivity contribution is 5.41. The quantitative estimate of drug-likeness (QED) is 0.676. The van der Waals surface area contributed by atoms with Crippen LogP contribution in [0.5, 0.6) is 0 Å². The third kappa shape index (κ3) is 3.63. The van der Waals surface area contributed by atoms with Crippen molar-refractivity contribution in [2.45, 2.75) is 52.5 Å². The molecule has 1 atom stereocenters. The molecule has 1 aliphatic rings. The van der Waals surface area contributed by atoms with Crippen LogP contribution in [0.4, 0.5) is 5.82 Å². The lowest BCUT2D eigenvalue weighted by molar-refractivity contribution is 0.475. The average Bonchev–Trinajstić information content (AvgIpc) is 3.27. The van der Waals surface area contributed by atoms with Crippen molar-refractivity contribution in [2.24, 2.45) is 7.05 Å². The topological polar surface area (TPSA) is 77.5 Å². The van der Waals surface area contributed by atoms with Gasteiger partial charge in [-0.25, -0.2) is 15.0 Å². The summed E-state index contributed by atoms with van der Waals surface area (Å²) in [7, 11) is 2.07. The van der Waals surface area contributed by atoms with Crippen LogP contribution in [0.15, 0.2) is 18.5 Å². The molecule has 0 aromatic carbocycles. The lowest BCUT2D eigenvalue weighted by Gasteiger charge is -2.33. The molecule has 4 heterocycles. The number of aromatic nitrogens is 7. The molecule has 0 amide bonds. The van der Waals surface area contributed by atoms with E-state index in [1.165, 1.54) is 0 Å². The molecular formula is C20H28N8. The summed E-state index contributed by atoms with van der Waals surface area (Å²) in [4.78, 5) is 15.9. The van der Waals surface area contributed by atoms with Gasteiger partial charge in [0, 0.05) is 50.2 Å². The average molecular weight is 381 g/mol. The minimum absolute atomic E-state index is 0.351. The molecule has 1 unspecified atom stereocenters. The highest BCUT2D eigenvalue weighted by Crippen LogP contribution is 2.28. The van der Waals surface area contributed by atoms with E-state index < -0.39 is 0 Å². The summed E-state index contributed by atoms with van der Waals surface area (Å²) in [5.74, 6) is 5.22. The van der Waals surface area contributed by atoms with Crippen LogP contribution in [0.3, 0.4) is 0 Å². The first-order valence-electron chi connectivity index (χ1n) is 10.0. The number of aryl methyl sites for hydroxylation is 3. The molecule has 148 valence electrons. The largest absolute Gasteiger partial charge is 0.356 e. The van der Waals surface area contributed by atoms with E-state index >= 15 is 0 Å². The maximum absolute atomic E-state index is 4.68. The lowest BCUT2D eigenvalue weighted by atomic mass is 9.97. The fourth-order valence-corrected chi connectivity index (χ4v) is 3.94. The molecule has 0 aliphatic carbocycles. The molecule has 0 bridgehead atoms. The molecule has 28 heavy (non-hydrogen) atoms. The Morgan fingerprint density at radius 3 is 2.79 bits per heavy atom. The van der Waals surface area contributed by atoms with Gasteiger partial charge in [0.25, 0.3) is 0 Å². The Hall–Kier alpha value is -2.77. The first-order valence-corrected chi connectivity index (χ1v) is 10.0. The third-order valence-corrected chi connectivity index (χ3v) is 5.58. The zero-order valence-corrected chi connectivity index (χ0v) is 17.1. The van der Waals surface area contributed by atoms with Crippen LogP contribution in [-0.2, 0) is 20.0 Å². The van der Waals surface area contributed by atoms with E-state index in [9.17, 15) is 0 Å². The number of anilines is 1. The van der Waals surface area contributed by atoms with Crippen LogP contribution < -0.4 is 4.90 Å². The smallest absolute Gasteiger partial charge is 0.152 e. The lowest BCUT2D eigenvalue weighted by Crippen LogP contribution is -2.36. The molecule has 1 fully saturated rings. The first kappa shape index (κ1) is 18.6. The minimum atomic E-state index is 0.351. The van der Waals surface area contributed by atoms with Crippen LogP contribution in [-0.4, -0.2) is 47.4 Å². The van der Waals surface area contributed by atoms with Crippen molar-refractivity contribution in [3.05, 3.63) is 47.5 Å². The van der Waals surface area contributed by atoms with Gasteiger partial charge in [-0.1, -0.05) is 6.92 Å². The molecule has 8 heteroatoms. The van der Waals surface area contributed by atoms with Crippen molar-refractivity contribution in [3.63, 3.8) is 0 Å². The molecule has 3 aromatic rings. The van der Waals surface area contributed by atoms with E-state index in [-0.39, 0.29) is 0 Å². The predicted molar refractivity (Wildman–Crippen MR) is 107 cm³/mol. The number of nitrogens with zero attached hydrogens (tertiary/aromatic N) is 8. The summed E-state index contributed by atoms with van der Waals surface area (Å²) in [6.07, 6.45) is 6.97. The van der Waals surface area contributed by atoms with Crippen LogP contribution in [0.1, 0.15) is 54.7 Å². The van der Waals surface area contributed by atoms with Gasteiger partial charge in [-0.15, -0.1) is 10.2 Å². The molecule has 0 N–H and O–H groups in total. The second-order valence-electron chi connectivity index (χ2n) is 7.54. The van der Waals surface area contributed by atoms with E-state index in [4.69, 9.17) is 0 Å². The molecule has 0 spiro atoms. The number of piperidine rings is 1. The van der Waals surface area contributed by atoms with Crippen molar-refractivity contribution in [2.75, 3.05) is 18.0 Å². The highest BCUT2D eigenvalue weighted by atomic mass is 15.3. The van der Waals surface area contributed by atoms with Gasteiger partial charge in [-0.2, -0.15) is 0 Å². The molecule has 8 nitrogen and oxygen atoms in total. The van der Waals surface area contributed by atoms with Crippen molar-refractivity contribution < 1.29 is 0 Å². The second-order valence-corrected chi connectivity index (χ2v) is 7.54. The third-order valence-electron chi connectivity index (χ3n) is 5.58. The van der Waals surface area contributed by atoms with E-state index in [0.29, 0.717) is 12.5 Å². The summed E-state index contributed by atoms with van der Waals surface area (Å²) in [5, 5.41) is 9.02. The van der Waals surface area contributed by atoms with Crippen molar-refractivity contribution in [1.82, 2.24) is 34.3 Å². The Bertz CT molecular complexity index is 957. The zero-order valence-electron chi connectivity index (χ0n) is 17.1. The Morgan fingerprint density at radius 1 is 1.18 bits per heavy atom. The van der Waals surface area contributed by atoms with E-state index in [2.05, 4.69) is 59.2 Å². The maximum atomic E-state index is 4.68. The molecule has 1 saturated heterocycles. The van der Waals surface area contributed by atoms with Gasteiger partial charge in [0.1, 0.15) is 23.3 Å². The highest BCUT2D eigenvalue weighted by Gasteiger charge is 2.27. The van der Waals surface area contributed by atoms with E-state index in [1.807, 2.05) is 26.2 Å². The van der Waals surface area contributed by atoms with E-state index in [0.717, 1.165) is 67.2 Å². The van der Waals surface area contributed by atoms with Crippen LogP contribution in [0.2, 0.25) is 0 Å². The van der Waals surface area contributed by atoms with Crippen molar-refractivity contribution in [1.29, 1.82) is 0 Å². The van der Waals surface area contributed by atoms with E-state index in [1.54, 1.807) is 0 Å². The fraction of sp³-hybridized carbons (Fsp3) is 0.550. The first-order chi connectivity index (χ1) is 13.5. The normalized spacial score (nSPS) is 17.3. The van der Waals surface area contributed by atoms with Gasteiger partial charge in [-0.3, -0.25) is 0 Å². The summed E-state index contributed by atoms with van der Waals surface area (Å²) in [5.41, 5.74) is 1.10. The molecular weight excluding hydrogens is 352 g/mol. The van der Waals surface area contributed by atoms with Crippen LogP contribution in [0.25, 0.3) is 0 Å². The Labute approximate surface area is 165 Å². The number of hydrogen-bond acceptors (Lipinski definition) is 6. The SMILES string of the molecule is CCc1cc(N2CCCC(c3nnc(Cn4ccnc4C)n3C)C2)nc(C)n1. The summed E-state index contributed by atoms with van der Waals surface area (Å²) >= 11 is 0. The molecule has 3 aromatic heterocycles. The van der Waals surface area contributed by atoms with Gasteiger partial charge in [-0.05, 0) is 33.1 Å². The number of hydrogen-bond donors (Lipinski definition) is 0. The van der Waals surface area contributed by atoms with Crippen LogP contribution in [0, 0.1) is 13.8 Å². The molecule has 0 radical (unpaired) electrons. The van der Waals surface area contributed by atoms with Gasteiger partial charge >= 0.3 is 0 Å². The van der Waals surface area contributed by atoms with Gasteiger partial charge < -0.3 is 14.0 Å².